The molecule has 0 aliphatic heterocycles. The van der Waals surface area contributed by atoms with Crippen LogP contribution in [0.5, 0.6) is 0 Å². The fourth-order valence-corrected chi connectivity index (χ4v) is 3.45. The standard InChI is InChI=1S/C24H48N2O3/c1-4-7-8-9-10-11-12-13-14-15-16-17-18-19-21(27)23(25)24(29)22(28)20-26(5-2)6-3/h18-19,21,23-24,27,29H,4-17,20,25H2,1-3H3/b19-18+/t21-,23-,24?/m1/s1. The van der Waals surface area contributed by atoms with Crippen LogP contribution in [0.4, 0.5) is 0 Å². The Labute approximate surface area is 179 Å². The molecule has 0 saturated heterocycles. The van der Waals surface area contributed by atoms with E-state index in [1.165, 1.54) is 64.2 Å². The number of hydrogen-bond donors (Lipinski definition) is 3. The van der Waals surface area contributed by atoms with Gasteiger partial charge in [0.2, 0.25) is 0 Å². The Morgan fingerprint density at radius 3 is 1.83 bits per heavy atom. The molecule has 1 unspecified atom stereocenters. The van der Waals surface area contributed by atoms with Crippen LogP contribution in [0.1, 0.15) is 97.8 Å². The van der Waals surface area contributed by atoms with E-state index in [0.717, 1.165) is 25.9 Å². The van der Waals surface area contributed by atoms with Crippen molar-refractivity contribution in [2.45, 2.75) is 116 Å². The van der Waals surface area contributed by atoms with Gasteiger partial charge in [-0.2, -0.15) is 0 Å². The van der Waals surface area contributed by atoms with Gasteiger partial charge in [0, 0.05) is 0 Å². The van der Waals surface area contributed by atoms with E-state index in [1.54, 1.807) is 6.08 Å². The van der Waals surface area contributed by atoms with E-state index in [0.29, 0.717) is 0 Å². The number of carbonyl (C=O) groups excluding carboxylic acids is 1. The quantitative estimate of drug-likeness (QED) is 0.206. The average Bonchev–Trinajstić information content (AvgIpc) is 2.73. The van der Waals surface area contributed by atoms with Crippen molar-refractivity contribution in [3.05, 3.63) is 12.2 Å². The fraction of sp³-hybridized carbons (Fsp3) is 0.875. The van der Waals surface area contributed by atoms with Crippen molar-refractivity contribution in [2.24, 2.45) is 5.73 Å². The second-order valence-electron chi connectivity index (χ2n) is 8.19. The molecule has 0 radical (unpaired) electrons. The van der Waals surface area contributed by atoms with Gasteiger partial charge in [-0.25, -0.2) is 0 Å². The van der Waals surface area contributed by atoms with Crippen LogP contribution in [-0.2, 0) is 4.79 Å². The molecule has 0 amide bonds. The second kappa shape index (κ2) is 19.2. The molecule has 0 spiro atoms. The largest absolute Gasteiger partial charge is 0.387 e. The van der Waals surface area contributed by atoms with Gasteiger partial charge >= 0.3 is 0 Å². The van der Waals surface area contributed by atoms with Crippen molar-refractivity contribution in [1.82, 2.24) is 4.90 Å². The molecule has 0 fully saturated rings. The molecule has 0 aromatic heterocycles. The van der Waals surface area contributed by atoms with E-state index in [4.69, 9.17) is 5.73 Å². The number of likely N-dealkylation sites (N-methyl/N-ethyl adjacent to an activating group) is 1. The number of allylic oxidation sites excluding steroid dienone is 1. The lowest BCUT2D eigenvalue weighted by Crippen LogP contribution is -2.50. The summed E-state index contributed by atoms with van der Waals surface area (Å²) >= 11 is 0. The van der Waals surface area contributed by atoms with E-state index in [9.17, 15) is 15.0 Å². The molecule has 5 heteroatoms. The number of Topliss-reactive ketones (excluding diaryl/α,β-unsaturated/α-hetero) is 1. The minimum Gasteiger partial charge on any atom is -0.387 e. The molecule has 0 bridgehead atoms. The summed E-state index contributed by atoms with van der Waals surface area (Å²) in [6.45, 7) is 7.84. The number of aliphatic hydroxyl groups excluding tert-OH is 2. The Morgan fingerprint density at radius 1 is 0.862 bits per heavy atom. The highest BCUT2D eigenvalue weighted by Gasteiger charge is 2.28. The first-order chi connectivity index (χ1) is 14.0. The zero-order chi connectivity index (χ0) is 21.9. The van der Waals surface area contributed by atoms with Gasteiger partial charge < -0.3 is 15.9 Å². The Morgan fingerprint density at radius 2 is 1.34 bits per heavy atom. The molecule has 0 aromatic carbocycles. The highest BCUT2D eigenvalue weighted by Crippen LogP contribution is 2.12. The van der Waals surface area contributed by atoms with Crippen molar-refractivity contribution in [3.63, 3.8) is 0 Å². The van der Waals surface area contributed by atoms with Crippen LogP contribution in [-0.4, -0.2) is 58.8 Å². The maximum atomic E-state index is 12.1. The topological polar surface area (TPSA) is 86.8 Å². The molecule has 3 atom stereocenters. The van der Waals surface area contributed by atoms with Crippen molar-refractivity contribution in [3.8, 4) is 0 Å². The van der Waals surface area contributed by atoms with Gasteiger partial charge in [0.1, 0.15) is 6.10 Å². The third-order valence-electron chi connectivity index (χ3n) is 5.67. The van der Waals surface area contributed by atoms with Gasteiger partial charge in [0.25, 0.3) is 0 Å². The van der Waals surface area contributed by atoms with Gasteiger partial charge in [-0.05, 0) is 25.9 Å². The van der Waals surface area contributed by atoms with E-state index in [2.05, 4.69) is 6.92 Å². The molecular formula is C24H48N2O3. The summed E-state index contributed by atoms with van der Waals surface area (Å²) < 4.78 is 0. The van der Waals surface area contributed by atoms with Crippen LogP contribution in [0.2, 0.25) is 0 Å². The van der Waals surface area contributed by atoms with E-state index in [1.807, 2.05) is 24.8 Å². The molecule has 0 saturated carbocycles. The summed E-state index contributed by atoms with van der Waals surface area (Å²) in [5, 5.41) is 20.2. The van der Waals surface area contributed by atoms with Gasteiger partial charge in [0.15, 0.2) is 5.78 Å². The predicted molar refractivity (Wildman–Crippen MR) is 123 cm³/mol. The number of nitrogens with two attached hydrogens (primary N) is 1. The average molecular weight is 413 g/mol. The van der Waals surface area contributed by atoms with Gasteiger partial charge in [-0.15, -0.1) is 0 Å². The number of ketones is 1. The third-order valence-corrected chi connectivity index (χ3v) is 5.67. The summed E-state index contributed by atoms with van der Waals surface area (Å²) in [6, 6.07) is -0.980. The lowest BCUT2D eigenvalue weighted by atomic mass is 10.0. The van der Waals surface area contributed by atoms with Crippen LogP contribution in [0.3, 0.4) is 0 Å². The molecular weight excluding hydrogens is 364 g/mol. The fourth-order valence-electron chi connectivity index (χ4n) is 3.45. The lowest BCUT2D eigenvalue weighted by Gasteiger charge is -2.24. The molecule has 29 heavy (non-hydrogen) atoms. The first-order valence-electron chi connectivity index (χ1n) is 12.0. The zero-order valence-electron chi connectivity index (χ0n) is 19.3. The van der Waals surface area contributed by atoms with Crippen LogP contribution in [0.25, 0.3) is 0 Å². The summed E-state index contributed by atoms with van der Waals surface area (Å²) in [5.74, 6) is -0.334. The number of hydrogen-bond acceptors (Lipinski definition) is 5. The van der Waals surface area contributed by atoms with Gasteiger partial charge in [0.05, 0.1) is 18.7 Å². The van der Waals surface area contributed by atoms with Crippen LogP contribution < -0.4 is 5.73 Å². The van der Waals surface area contributed by atoms with Gasteiger partial charge in [-0.1, -0.05) is 97.1 Å². The van der Waals surface area contributed by atoms with Crippen LogP contribution in [0.15, 0.2) is 12.2 Å². The Hall–Kier alpha value is -0.750. The number of unbranched alkanes of at least 4 members (excludes halogenated alkanes) is 11. The number of rotatable bonds is 20. The molecule has 0 aromatic rings. The van der Waals surface area contributed by atoms with Crippen LogP contribution >= 0.6 is 0 Å². The normalized spacial score (nSPS) is 15.1. The summed E-state index contributed by atoms with van der Waals surface area (Å²) in [5.41, 5.74) is 5.88. The summed E-state index contributed by atoms with van der Waals surface area (Å²) in [4.78, 5) is 14.0. The van der Waals surface area contributed by atoms with Crippen LogP contribution in [0, 0.1) is 0 Å². The maximum absolute atomic E-state index is 12.1. The van der Waals surface area contributed by atoms with E-state index < -0.39 is 18.2 Å². The molecule has 5 nitrogen and oxygen atoms in total. The number of aliphatic hydroxyl groups is 2. The highest BCUT2D eigenvalue weighted by molar-refractivity contribution is 5.85. The Bertz CT molecular complexity index is 411. The highest BCUT2D eigenvalue weighted by atomic mass is 16.3. The van der Waals surface area contributed by atoms with Crippen molar-refractivity contribution in [1.29, 1.82) is 0 Å². The Balaban J connectivity index is 3.80. The molecule has 0 aliphatic rings. The summed E-state index contributed by atoms with van der Waals surface area (Å²) in [7, 11) is 0. The van der Waals surface area contributed by atoms with E-state index in [-0.39, 0.29) is 12.3 Å². The molecule has 0 aliphatic carbocycles. The first-order valence-corrected chi connectivity index (χ1v) is 12.0. The predicted octanol–water partition coefficient (Wildman–Crippen LogP) is 4.20. The van der Waals surface area contributed by atoms with Crippen molar-refractivity contribution in [2.75, 3.05) is 19.6 Å². The SMILES string of the molecule is CCCCCCCCCCCCC/C=C/[C@@H](O)[C@@H](N)C(O)C(=O)CN(CC)CC. The lowest BCUT2D eigenvalue weighted by molar-refractivity contribution is -0.130. The molecule has 4 N–H and O–H groups in total. The Kier molecular flexibility index (Phi) is 18.7. The molecule has 0 heterocycles. The number of carbonyl (C=O) groups is 1. The minimum atomic E-state index is -1.34. The monoisotopic (exact) mass is 412 g/mol. The number of nitrogens with zero attached hydrogens (tertiary/aromatic N) is 1. The first kappa shape index (κ1) is 28.2. The van der Waals surface area contributed by atoms with Gasteiger partial charge in [-0.3, -0.25) is 9.69 Å². The minimum absolute atomic E-state index is 0.164. The van der Waals surface area contributed by atoms with E-state index >= 15 is 0 Å². The smallest absolute Gasteiger partial charge is 0.176 e. The van der Waals surface area contributed by atoms with Crippen molar-refractivity contribution < 1.29 is 15.0 Å². The molecule has 172 valence electrons. The summed E-state index contributed by atoms with van der Waals surface area (Å²) in [6.07, 6.45) is 16.5. The van der Waals surface area contributed by atoms with Crippen molar-refractivity contribution >= 4 is 5.78 Å². The third kappa shape index (κ3) is 14.8. The zero-order valence-corrected chi connectivity index (χ0v) is 19.3. The molecule has 0 rings (SSSR count). The maximum Gasteiger partial charge on any atom is 0.176 e. The second-order valence-corrected chi connectivity index (χ2v) is 8.19.